The Morgan fingerprint density at radius 3 is 2.00 bits per heavy atom. The van der Waals surface area contributed by atoms with Gasteiger partial charge in [-0.05, 0) is 12.1 Å². The van der Waals surface area contributed by atoms with Gasteiger partial charge in [0.25, 0.3) is 0 Å². The van der Waals surface area contributed by atoms with Gasteiger partial charge in [-0.2, -0.15) is 0 Å². The molecule has 0 radical (unpaired) electrons. The molecule has 0 atom stereocenters. The number of aromatic nitrogens is 1. The standard InChI is InChI=1S/C11H7NS.3C2H6/c1-2-4-10-8(3-1)9-7-12-6-5-11(9)13-10;3*1-2/h1-7H;3*1-2H3. The molecule has 0 saturated heterocycles. The lowest BCUT2D eigenvalue weighted by Gasteiger charge is -1.87. The monoisotopic (exact) mass is 275 g/mol. The van der Waals surface area contributed by atoms with E-state index in [1.165, 1.54) is 20.2 Å². The molecule has 3 aromatic rings. The molecule has 0 aliphatic heterocycles. The number of benzene rings is 1. The van der Waals surface area contributed by atoms with Crippen LogP contribution in [0.15, 0.2) is 42.7 Å². The molecule has 1 aromatic carbocycles. The van der Waals surface area contributed by atoms with E-state index in [1.54, 1.807) is 0 Å². The molecule has 2 aromatic heterocycles. The van der Waals surface area contributed by atoms with Crippen molar-refractivity contribution in [2.24, 2.45) is 0 Å². The first-order valence-electron chi connectivity index (χ1n) is 7.16. The lowest BCUT2D eigenvalue weighted by atomic mass is 10.2. The first kappa shape index (κ1) is 17.6. The molecular formula is C17H25NS. The van der Waals surface area contributed by atoms with Crippen LogP contribution < -0.4 is 0 Å². The number of fused-ring (bicyclic) bond motifs is 3. The average Bonchev–Trinajstić information content (AvgIpc) is 2.92. The molecule has 0 spiro atoms. The van der Waals surface area contributed by atoms with Crippen LogP contribution in [0.1, 0.15) is 41.5 Å². The third-order valence-corrected chi connectivity index (χ3v) is 3.33. The van der Waals surface area contributed by atoms with E-state index in [1.807, 2.05) is 65.3 Å². The summed E-state index contributed by atoms with van der Waals surface area (Å²) in [6.45, 7) is 12.0. The van der Waals surface area contributed by atoms with Crippen molar-refractivity contribution in [3.8, 4) is 0 Å². The molecule has 0 unspecified atom stereocenters. The molecule has 0 fully saturated rings. The van der Waals surface area contributed by atoms with Gasteiger partial charge in [-0.25, -0.2) is 0 Å². The summed E-state index contributed by atoms with van der Waals surface area (Å²) >= 11 is 1.82. The second-order valence-corrected chi connectivity index (χ2v) is 4.05. The van der Waals surface area contributed by atoms with E-state index in [9.17, 15) is 0 Å². The van der Waals surface area contributed by atoms with Gasteiger partial charge < -0.3 is 0 Å². The summed E-state index contributed by atoms with van der Waals surface area (Å²) in [5.74, 6) is 0. The van der Waals surface area contributed by atoms with Gasteiger partial charge in [0.15, 0.2) is 0 Å². The van der Waals surface area contributed by atoms with Gasteiger partial charge in [-0.15, -0.1) is 11.3 Å². The number of nitrogens with zero attached hydrogens (tertiary/aromatic N) is 1. The third kappa shape index (κ3) is 4.32. The number of rotatable bonds is 0. The minimum atomic E-state index is 1.27. The van der Waals surface area contributed by atoms with E-state index in [4.69, 9.17) is 0 Å². The maximum absolute atomic E-state index is 4.14. The largest absolute Gasteiger partial charge is 0.264 e. The van der Waals surface area contributed by atoms with Crippen molar-refractivity contribution >= 4 is 31.5 Å². The Morgan fingerprint density at radius 1 is 0.737 bits per heavy atom. The van der Waals surface area contributed by atoms with E-state index in [2.05, 4.69) is 35.3 Å². The number of pyridine rings is 1. The lowest BCUT2D eigenvalue weighted by Crippen LogP contribution is -1.67. The quantitative estimate of drug-likeness (QED) is 0.454. The summed E-state index contributed by atoms with van der Waals surface area (Å²) in [4.78, 5) is 4.14. The Labute approximate surface area is 121 Å². The van der Waals surface area contributed by atoms with Gasteiger partial charge in [0.2, 0.25) is 0 Å². The lowest BCUT2D eigenvalue weighted by molar-refractivity contribution is 1.37. The third-order valence-electron chi connectivity index (χ3n) is 2.18. The van der Waals surface area contributed by atoms with Crippen molar-refractivity contribution in [1.82, 2.24) is 4.98 Å². The fourth-order valence-corrected chi connectivity index (χ4v) is 2.64. The summed E-state index contributed by atoms with van der Waals surface area (Å²) in [6.07, 6.45) is 3.78. The minimum absolute atomic E-state index is 1.27. The predicted octanol–water partition coefficient (Wildman–Crippen LogP) is 6.53. The van der Waals surface area contributed by atoms with Crippen molar-refractivity contribution in [2.45, 2.75) is 41.5 Å². The van der Waals surface area contributed by atoms with Crippen LogP contribution in [0.4, 0.5) is 0 Å². The Balaban J connectivity index is 0.000000482. The zero-order valence-electron chi connectivity index (χ0n) is 12.9. The van der Waals surface area contributed by atoms with Crippen LogP contribution in [0.5, 0.6) is 0 Å². The highest BCUT2D eigenvalue weighted by Gasteiger charge is 2.01. The Bertz CT molecular complexity index is 519. The highest BCUT2D eigenvalue weighted by atomic mass is 32.1. The van der Waals surface area contributed by atoms with E-state index < -0.39 is 0 Å². The van der Waals surface area contributed by atoms with Crippen LogP contribution >= 0.6 is 11.3 Å². The molecule has 2 heteroatoms. The fourth-order valence-electron chi connectivity index (χ4n) is 1.57. The summed E-state index contributed by atoms with van der Waals surface area (Å²) in [6, 6.07) is 10.5. The van der Waals surface area contributed by atoms with Crippen LogP contribution in [0.2, 0.25) is 0 Å². The van der Waals surface area contributed by atoms with Gasteiger partial charge in [0.05, 0.1) is 0 Å². The average molecular weight is 275 g/mol. The highest BCUT2D eigenvalue weighted by Crippen LogP contribution is 2.32. The first-order valence-corrected chi connectivity index (χ1v) is 7.98. The topological polar surface area (TPSA) is 12.9 Å². The number of thiophene rings is 1. The molecule has 2 heterocycles. The van der Waals surface area contributed by atoms with E-state index in [0.717, 1.165) is 0 Å². The molecule has 0 aliphatic carbocycles. The van der Waals surface area contributed by atoms with Crippen molar-refractivity contribution in [3.63, 3.8) is 0 Å². The van der Waals surface area contributed by atoms with Crippen molar-refractivity contribution in [2.75, 3.05) is 0 Å². The molecular weight excluding hydrogens is 250 g/mol. The normalized spacial score (nSPS) is 8.53. The van der Waals surface area contributed by atoms with Crippen LogP contribution in [-0.4, -0.2) is 4.98 Å². The van der Waals surface area contributed by atoms with Crippen LogP contribution in [0, 0.1) is 0 Å². The molecule has 3 rings (SSSR count). The second kappa shape index (κ2) is 10.5. The molecule has 19 heavy (non-hydrogen) atoms. The smallest absolute Gasteiger partial charge is 0.0386 e. The van der Waals surface area contributed by atoms with Crippen molar-refractivity contribution < 1.29 is 0 Å². The maximum atomic E-state index is 4.14. The summed E-state index contributed by atoms with van der Waals surface area (Å²) in [5, 5.41) is 2.58. The van der Waals surface area contributed by atoms with Crippen LogP contribution in [-0.2, 0) is 0 Å². The van der Waals surface area contributed by atoms with Gasteiger partial charge in [-0.1, -0.05) is 59.7 Å². The molecule has 0 N–H and O–H groups in total. The molecule has 104 valence electrons. The highest BCUT2D eigenvalue weighted by molar-refractivity contribution is 7.25. The molecule has 1 nitrogen and oxygen atoms in total. The predicted molar refractivity (Wildman–Crippen MR) is 91.2 cm³/mol. The SMILES string of the molecule is CC.CC.CC.c1ccc2c(c1)sc1ccncc12. The van der Waals surface area contributed by atoms with E-state index in [0.29, 0.717) is 0 Å². The van der Waals surface area contributed by atoms with Crippen LogP contribution in [0.25, 0.3) is 20.2 Å². The van der Waals surface area contributed by atoms with Gasteiger partial charge >= 0.3 is 0 Å². The molecule has 0 saturated carbocycles. The zero-order valence-corrected chi connectivity index (χ0v) is 13.7. The Morgan fingerprint density at radius 2 is 1.32 bits per heavy atom. The maximum Gasteiger partial charge on any atom is 0.0386 e. The number of hydrogen-bond donors (Lipinski definition) is 0. The van der Waals surface area contributed by atoms with Crippen LogP contribution in [0.3, 0.4) is 0 Å². The second-order valence-electron chi connectivity index (χ2n) is 2.97. The van der Waals surface area contributed by atoms with Gasteiger partial charge in [0.1, 0.15) is 0 Å². The number of hydrogen-bond acceptors (Lipinski definition) is 2. The molecule has 0 aliphatic rings. The zero-order chi connectivity index (χ0) is 14.7. The summed E-state index contributed by atoms with van der Waals surface area (Å²) in [5.41, 5.74) is 0. The summed E-state index contributed by atoms with van der Waals surface area (Å²) in [7, 11) is 0. The van der Waals surface area contributed by atoms with E-state index in [-0.39, 0.29) is 0 Å². The Kier molecular flexibility index (Phi) is 9.73. The van der Waals surface area contributed by atoms with Gasteiger partial charge in [0, 0.05) is 32.6 Å². The first-order chi connectivity index (χ1) is 9.45. The summed E-state index contributed by atoms with van der Waals surface area (Å²) < 4.78 is 2.65. The van der Waals surface area contributed by atoms with Crippen molar-refractivity contribution in [1.29, 1.82) is 0 Å². The molecule has 0 amide bonds. The minimum Gasteiger partial charge on any atom is -0.264 e. The van der Waals surface area contributed by atoms with E-state index >= 15 is 0 Å². The fraction of sp³-hybridized carbons (Fsp3) is 0.353. The molecule has 0 bridgehead atoms. The Hall–Kier alpha value is -1.41. The van der Waals surface area contributed by atoms with Crippen molar-refractivity contribution in [3.05, 3.63) is 42.7 Å². The van der Waals surface area contributed by atoms with Gasteiger partial charge in [-0.3, -0.25) is 4.98 Å².